The Bertz CT molecular complexity index is 323. The third kappa shape index (κ3) is 4.39. The fourth-order valence-corrected chi connectivity index (χ4v) is 2.46. The van der Waals surface area contributed by atoms with Crippen LogP contribution in [0.15, 0.2) is 24.4 Å². The topological polar surface area (TPSA) is 34.1 Å². The van der Waals surface area contributed by atoms with Crippen molar-refractivity contribution in [3.8, 4) is 0 Å². The molecule has 100 valence electrons. The average molecular weight is 248 g/mol. The van der Waals surface area contributed by atoms with Gasteiger partial charge in [-0.2, -0.15) is 0 Å². The monoisotopic (exact) mass is 248 g/mol. The zero-order chi connectivity index (χ0) is 12.6. The number of pyridine rings is 1. The lowest BCUT2D eigenvalue weighted by atomic mass is 10.0. The second-order valence-corrected chi connectivity index (χ2v) is 5.06. The minimum absolute atomic E-state index is 0.102. The second-order valence-electron chi connectivity index (χ2n) is 5.06. The first kappa shape index (κ1) is 13.5. The van der Waals surface area contributed by atoms with E-state index in [-0.39, 0.29) is 6.10 Å². The zero-order valence-corrected chi connectivity index (χ0v) is 11.3. The Morgan fingerprint density at radius 3 is 3.11 bits per heavy atom. The number of hydrogen-bond donors (Lipinski definition) is 1. The maximum atomic E-state index is 5.83. The van der Waals surface area contributed by atoms with E-state index in [2.05, 4.69) is 17.2 Å². The van der Waals surface area contributed by atoms with Crippen molar-refractivity contribution < 1.29 is 4.74 Å². The normalized spacial score (nSPS) is 21.7. The highest BCUT2D eigenvalue weighted by Gasteiger charge is 2.12. The summed E-state index contributed by atoms with van der Waals surface area (Å²) in [5.74, 6) is 0. The van der Waals surface area contributed by atoms with Gasteiger partial charge in [0, 0.05) is 18.8 Å². The van der Waals surface area contributed by atoms with Gasteiger partial charge in [0.05, 0.1) is 11.8 Å². The van der Waals surface area contributed by atoms with Crippen molar-refractivity contribution >= 4 is 0 Å². The summed E-state index contributed by atoms with van der Waals surface area (Å²) in [5.41, 5.74) is 1.02. The van der Waals surface area contributed by atoms with Crippen LogP contribution in [0.3, 0.4) is 0 Å². The largest absolute Gasteiger partial charge is 0.372 e. The lowest BCUT2D eigenvalue weighted by molar-refractivity contribution is 0.0584. The van der Waals surface area contributed by atoms with Crippen LogP contribution in [0, 0.1) is 0 Å². The van der Waals surface area contributed by atoms with E-state index in [1.807, 2.05) is 24.4 Å². The summed E-state index contributed by atoms with van der Waals surface area (Å²) in [6.45, 7) is 4.09. The Labute approximate surface area is 110 Å². The summed E-state index contributed by atoms with van der Waals surface area (Å²) in [7, 11) is 0. The van der Waals surface area contributed by atoms with E-state index in [1.54, 1.807) is 0 Å². The van der Waals surface area contributed by atoms with E-state index in [0.717, 1.165) is 18.7 Å². The summed E-state index contributed by atoms with van der Waals surface area (Å²) in [5, 5.41) is 3.57. The molecule has 1 aliphatic rings. The van der Waals surface area contributed by atoms with E-state index in [0.29, 0.717) is 6.04 Å². The van der Waals surface area contributed by atoms with E-state index in [4.69, 9.17) is 4.74 Å². The molecule has 2 atom stereocenters. The smallest absolute Gasteiger partial charge is 0.0966 e. The van der Waals surface area contributed by atoms with E-state index in [1.165, 1.54) is 32.2 Å². The number of ether oxygens (including phenoxy) is 1. The molecule has 1 saturated heterocycles. The highest BCUT2D eigenvalue weighted by molar-refractivity contribution is 5.05. The van der Waals surface area contributed by atoms with Crippen LogP contribution in [0.4, 0.5) is 0 Å². The van der Waals surface area contributed by atoms with Gasteiger partial charge in [0.15, 0.2) is 0 Å². The molecule has 0 amide bonds. The molecule has 18 heavy (non-hydrogen) atoms. The van der Waals surface area contributed by atoms with Gasteiger partial charge in [-0.05, 0) is 51.3 Å². The molecular weight excluding hydrogens is 224 g/mol. The highest BCUT2D eigenvalue weighted by atomic mass is 16.5. The Morgan fingerprint density at radius 1 is 1.44 bits per heavy atom. The van der Waals surface area contributed by atoms with Gasteiger partial charge in [-0.3, -0.25) is 4.98 Å². The fraction of sp³-hybridized carbons (Fsp3) is 0.667. The molecule has 0 spiro atoms. The predicted molar refractivity (Wildman–Crippen MR) is 73.5 cm³/mol. The molecule has 0 bridgehead atoms. The molecular formula is C15H24N2O. The van der Waals surface area contributed by atoms with Crippen LogP contribution < -0.4 is 5.32 Å². The second kappa shape index (κ2) is 7.49. The predicted octanol–water partition coefficient (Wildman–Crippen LogP) is 3.08. The van der Waals surface area contributed by atoms with Crippen molar-refractivity contribution in [1.29, 1.82) is 0 Å². The molecule has 0 aliphatic carbocycles. The van der Waals surface area contributed by atoms with Gasteiger partial charge in [0.25, 0.3) is 0 Å². The number of nitrogens with one attached hydrogen (secondary N) is 1. The Morgan fingerprint density at radius 2 is 2.39 bits per heavy atom. The molecule has 1 aliphatic heterocycles. The van der Waals surface area contributed by atoms with Crippen molar-refractivity contribution in [2.75, 3.05) is 13.2 Å². The molecule has 1 fully saturated rings. The number of nitrogens with zero attached hydrogens (tertiary/aromatic N) is 1. The number of hydrogen-bond acceptors (Lipinski definition) is 3. The molecule has 1 aromatic rings. The molecule has 3 nitrogen and oxygen atoms in total. The van der Waals surface area contributed by atoms with Gasteiger partial charge < -0.3 is 10.1 Å². The minimum Gasteiger partial charge on any atom is -0.372 e. The Balaban J connectivity index is 1.60. The van der Waals surface area contributed by atoms with Crippen LogP contribution in [0.25, 0.3) is 0 Å². The molecule has 2 rings (SSSR count). The summed E-state index contributed by atoms with van der Waals surface area (Å²) >= 11 is 0. The van der Waals surface area contributed by atoms with Crippen LogP contribution in [-0.2, 0) is 4.74 Å². The standard InChI is InChI=1S/C15H24N2O/c1-13(15-9-3-5-11-17-15)18-12-6-8-14-7-2-4-10-16-14/h3,5,9,11,13-14,16H,2,4,6-8,10,12H2,1H3/t13-,14-/m0/s1. The Hall–Kier alpha value is -0.930. The lowest BCUT2D eigenvalue weighted by Gasteiger charge is -2.23. The van der Waals surface area contributed by atoms with Gasteiger partial charge >= 0.3 is 0 Å². The molecule has 0 aromatic carbocycles. The van der Waals surface area contributed by atoms with Crippen LogP contribution >= 0.6 is 0 Å². The first-order valence-electron chi connectivity index (χ1n) is 7.12. The fourth-order valence-electron chi connectivity index (χ4n) is 2.46. The minimum atomic E-state index is 0.102. The maximum absolute atomic E-state index is 5.83. The molecule has 2 heterocycles. The maximum Gasteiger partial charge on any atom is 0.0966 e. The zero-order valence-electron chi connectivity index (χ0n) is 11.3. The van der Waals surface area contributed by atoms with Gasteiger partial charge in [0.1, 0.15) is 0 Å². The van der Waals surface area contributed by atoms with Crippen molar-refractivity contribution in [1.82, 2.24) is 10.3 Å². The first-order chi connectivity index (χ1) is 8.86. The summed E-state index contributed by atoms with van der Waals surface area (Å²) < 4.78 is 5.83. The SMILES string of the molecule is C[C@H](OCCC[C@@H]1CCCCN1)c1ccccn1. The summed E-state index contributed by atoms with van der Waals surface area (Å²) in [4.78, 5) is 4.31. The van der Waals surface area contributed by atoms with Gasteiger partial charge in [0.2, 0.25) is 0 Å². The summed E-state index contributed by atoms with van der Waals surface area (Å²) in [6, 6.07) is 6.68. The van der Waals surface area contributed by atoms with Crippen molar-refractivity contribution in [2.45, 2.75) is 51.2 Å². The van der Waals surface area contributed by atoms with E-state index >= 15 is 0 Å². The quantitative estimate of drug-likeness (QED) is 0.786. The molecule has 0 unspecified atom stereocenters. The lowest BCUT2D eigenvalue weighted by Crippen LogP contribution is -2.34. The van der Waals surface area contributed by atoms with Crippen LogP contribution in [0.5, 0.6) is 0 Å². The number of piperidine rings is 1. The third-order valence-corrected chi connectivity index (χ3v) is 3.58. The van der Waals surface area contributed by atoms with Crippen LogP contribution in [-0.4, -0.2) is 24.2 Å². The summed E-state index contributed by atoms with van der Waals surface area (Å²) in [6.07, 6.45) is 8.33. The van der Waals surface area contributed by atoms with E-state index < -0.39 is 0 Å². The van der Waals surface area contributed by atoms with Crippen molar-refractivity contribution in [3.63, 3.8) is 0 Å². The van der Waals surface area contributed by atoms with Crippen LogP contribution in [0.1, 0.15) is 50.8 Å². The number of rotatable bonds is 6. The molecule has 3 heteroatoms. The average Bonchev–Trinajstić information content (AvgIpc) is 2.45. The molecule has 0 saturated carbocycles. The molecule has 1 N–H and O–H groups in total. The Kier molecular flexibility index (Phi) is 5.62. The van der Waals surface area contributed by atoms with Crippen molar-refractivity contribution in [2.24, 2.45) is 0 Å². The first-order valence-corrected chi connectivity index (χ1v) is 7.12. The van der Waals surface area contributed by atoms with Gasteiger partial charge in [-0.25, -0.2) is 0 Å². The van der Waals surface area contributed by atoms with Gasteiger partial charge in [-0.1, -0.05) is 12.5 Å². The molecule has 0 radical (unpaired) electrons. The van der Waals surface area contributed by atoms with Gasteiger partial charge in [-0.15, -0.1) is 0 Å². The van der Waals surface area contributed by atoms with E-state index in [9.17, 15) is 0 Å². The van der Waals surface area contributed by atoms with Crippen LogP contribution in [0.2, 0.25) is 0 Å². The van der Waals surface area contributed by atoms with Crippen molar-refractivity contribution in [3.05, 3.63) is 30.1 Å². The molecule has 1 aromatic heterocycles. The number of aromatic nitrogens is 1. The third-order valence-electron chi connectivity index (χ3n) is 3.58. The highest BCUT2D eigenvalue weighted by Crippen LogP contribution is 2.15.